The molecule has 3 rings (SSSR count). The smallest absolute Gasteiger partial charge is 0.319 e. The van der Waals surface area contributed by atoms with E-state index >= 15 is 0 Å². The molecule has 0 aliphatic carbocycles. The minimum atomic E-state index is -0.377. The Morgan fingerprint density at radius 2 is 1.86 bits per heavy atom. The highest BCUT2D eigenvalue weighted by atomic mass is 16.7. The number of rotatable bonds is 6. The zero-order valence-corrected chi connectivity index (χ0v) is 15.5. The second kappa shape index (κ2) is 9.28. The van der Waals surface area contributed by atoms with Gasteiger partial charge >= 0.3 is 6.03 Å². The molecular weight excluding hydrogens is 364 g/mol. The maximum atomic E-state index is 11.9. The van der Waals surface area contributed by atoms with E-state index in [1.54, 1.807) is 43.5 Å². The second-order valence-electron chi connectivity index (χ2n) is 5.53. The lowest BCUT2D eigenvalue weighted by atomic mass is 10.3. The first kappa shape index (κ1) is 19.0. The summed E-state index contributed by atoms with van der Waals surface area (Å²) in [5.74, 6) is 8.75. The van der Waals surface area contributed by atoms with Gasteiger partial charge in [-0.15, -0.1) is 0 Å². The molecule has 8 heteroatoms. The lowest BCUT2D eigenvalue weighted by Gasteiger charge is -2.10. The van der Waals surface area contributed by atoms with Crippen LogP contribution in [0.25, 0.3) is 0 Å². The molecule has 0 atom stereocenters. The summed E-state index contributed by atoms with van der Waals surface area (Å²) in [7, 11) is 3.08. The Morgan fingerprint density at radius 3 is 2.68 bits per heavy atom. The third-order valence-corrected chi connectivity index (χ3v) is 3.76. The van der Waals surface area contributed by atoms with E-state index in [4.69, 9.17) is 23.7 Å². The summed E-state index contributed by atoms with van der Waals surface area (Å²) in [5, 5.41) is 5.34. The number of carbonyl (C=O) groups excluding carboxylic acids is 1. The summed E-state index contributed by atoms with van der Waals surface area (Å²) >= 11 is 0. The van der Waals surface area contributed by atoms with Gasteiger partial charge in [0.25, 0.3) is 0 Å². The van der Waals surface area contributed by atoms with Crippen LogP contribution in [0.5, 0.6) is 28.7 Å². The Bertz CT molecular complexity index is 903. The topological polar surface area (TPSA) is 87.3 Å². The van der Waals surface area contributed by atoms with E-state index < -0.39 is 0 Å². The Labute approximate surface area is 162 Å². The van der Waals surface area contributed by atoms with Crippen molar-refractivity contribution in [2.75, 3.05) is 39.5 Å². The van der Waals surface area contributed by atoms with Gasteiger partial charge in [0.2, 0.25) is 6.79 Å². The van der Waals surface area contributed by atoms with E-state index in [2.05, 4.69) is 22.5 Å². The van der Waals surface area contributed by atoms with Crippen LogP contribution in [-0.2, 0) is 0 Å². The highest BCUT2D eigenvalue weighted by Gasteiger charge is 2.13. The van der Waals surface area contributed by atoms with E-state index in [0.29, 0.717) is 34.4 Å². The van der Waals surface area contributed by atoms with Crippen molar-refractivity contribution in [3.05, 3.63) is 36.4 Å². The molecule has 28 heavy (non-hydrogen) atoms. The minimum absolute atomic E-state index is 0.184. The molecule has 2 N–H and O–H groups in total. The molecule has 2 aromatic carbocycles. The summed E-state index contributed by atoms with van der Waals surface area (Å²) in [6.07, 6.45) is 0. The van der Waals surface area contributed by atoms with Crippen LogP contribution in [0.4, 0.5) is 10.5 Å². The second-order valence-corrected chi connectivity index (χ2v) is 5.53. The summed E-state index contributed by atoms with van der Waals surface area (Å²) in [6, 6.07) is 10.0. The van der Waals surface area contributed by atoms with Crippen molar-refractivity contribution in [1.82, 2.24) is 5.32 Å². The average molecular weight is 384 g/mol. The van der Waals surface area contributed by atoms with Gasteiger partial charge in [-0.25, -0.2) is 4.79 Å². The van der Waals surface area contributed by atoms with Crippen molar-refractivity contribution >= 4 is 11.7 Å². The van der Waals surface area contributed by atoms with Crippen LogP contribution in [0, 0.1) is 11.8 Å². The number of nitrogens with one attached hydrogen (secondary N) is 2. The number of fused-ring (bicyclic) bond motifs is 1. The van der Waals surface area contributed by atoms with Crippen molar-refractivity contribution < 1.29 is 28.5 Å². The van der Waals surface area contributed by atoms with Gasteiger partial charge in [-0.3, -0.25) is 0 Å². The number of hydrogen-bond donors (Lipinski definition) is 2. The molecular formula is C20H20N2O6. The van der Waals surface area contributed by atoms with Crippen LogP contribution in [0.15, 0.2) is 36.4 Å². The first-order valence-electron chi connectivity index (χ1n) is 8.44. The number of amides is 2. The average Bonchev–Trinajstić information content (AvgIpc) is 3.18. The summed E-state index contributed by atoms with van der Waals surface area (Å²) < 4.78 is 26.4. The van der Waals surface area contributed by atoms with Crippen molar-refractivity contribution in [2.45, 2.75) is 0 Å². The van der Waals surface area contributed by atoms with Crippen molar-refractivity contribution in [3.63, 3.8) is 0 Å². The first-order valence-corrected chi connectivity index (χ1v) is 8.44. The molecule has 2 aromatic rings. The number of carbonyl (C=O) groups is 1. The van der Waals surface area contributed by atoms with Crippen LogP contribution in [-0.4, -0.2) is 40.2 Å². The highest BCUT2D eigenvalue weighted by Crippen LogP contribution is 2.35. The van der Waals surface area contributed by atoms with E-state index in [1.807, 2.05) is 0 Å². The fourth-order valence-corrected chi connectivity index (χ4v) is 2.41. The van der Waals surface area contributed by atoms with Gasteiger partial charge in [-0.1, -0.05) is 11.8 Å². The fourth-order valence-electron chi connectivity index (χ4n) is 2.41. The van der Waals surface area contributed by atoms with Crippen LogP contribution >= 0.6 is 0 Å². The Balaban J connectivity index is 1.40. The molecule has 0 radical (unpaired) electrons. The van der Waals surface area contributed by atoms with E-state index in [9.17, 15) is 4.79 Å². The molecule has 1 heterocycles. The summed E-state index contributed by atoms with van der Waals surface area (Å²) in [4.78, 5) is 11.9. The lowest BCUT2D eigenvalue weighted by molar-refractivity contribution is 0.174. The Morgan fingerprint density at radius 1 is 1.04 bits per heavy atom. The number of anilines is 1. The van der Waals surface area contributed by atoms with E-state index in [0.717, 1.165) is 0 Å². The quantitative estimate of drug-likeness (QED) is 0.745. The molecule has 1 aliphatic heterocycles. The number of methoxy groups -OCH3 is 2. The molecule has 0 bridgehead atoms. The van der Waals surface area contributed by atoms with Gasteiger partial charge < -0.3 is 34.3 Å². The third-order valence-electron chi connectivity index (χ3n) is 3.76. The van der Waals surface area contributed by atoms with Crippen molar-refractivity contribution in [3.8, 4) is 40.6 Å². The van der Waals surface area contributed by atoms with Gasteiger partial charge in [0, 0.05) is 17.8 Å². The fraction of sp³-hybridized carbons (Fsp3) is 0.250. The maximum Gasteiger partial charge on any atom is 0.319 e. The molecule has 0 saturated heterocycles. The Kier molecular flexibility index (Phi) is 6.31. The number of ether oxygens (including phenoxy) is 5. The van der Waals surface area contributed by atoms with E-state index in [1.165, 1.54) is 7.11 Å². The van der Waals surface area contributed by atoms with Crippen molar-refractivity contribution in [2.24, 2.45) is 0 Å². The summed E-state index contributed by atoms with van der Waals surface area (Å²) in [5.41, 5.74) is 0.578. The zero-order valence-electron chi connectivity index (χ0n) is 15.5. The van der Waals surface area contributed by atoms with Crippen LogP contribution in [0.2, 0.25) is 0 Å². The Hall–Kier alpha value is -3.73. The monoisotopic (exact) mass is 384 g/mol. The predicted molar refractivity (Wildman–Crippen MR) is 102 cm³/mol. The lowest BCUT2D eigenvalue weighted by Crippen LogP contribution is -2.28. The van der Waals surface area contributed by atoms with Gasteiger partial charge in [0.15, 0.2) is 23.0 Å². The molecule has 0 aromatic heterocycles. The zero-order chi connectivity index (χ0) is 19.8. The van der Waals surface area contributed by atoms with Crippen molar-refractivity contribution in [1.29, 1.82) is 0 Å². The summed E-state index contributed by atoms with van der Waals surface area (Å²) in [6.45, 7) is 0.595. The van der Waals surface area contributed by atoms with Crippen LogP contribution < -0.4 is 34.3 Å². The first-order chi connectivity index (χ1) is 13.7. The third kappa shape index (κ3) is 4.92. The molecule has 1 aliphatic rings. The molecule has 0 spiro atoms. The molecule has 0 unspecified atom stereocenters. The standard InChI is InChI=1S/C20H20N2O6/c1-24-16-7-5-14(11-18(16)25-2)22-20(23)21-9-3-4-10-26-15-6-8-17-19(12-15)28-13-27-17/h5-8,11-12H,9-10,13H2,1-2H3,(H2,21,22,23). The number of benzene rings is 2. The van der Waals surface area contributed by atoms with Gasteiger partial charge in [-0.2, -0.15) is 0 Å². The predicted octanol–water partition coefficient (Wildman–Crippen LogP) is 2.64. The minimum Gasteiger partial charge on any atom is -0.493 e. The van der Waals surface area contributed by atoms with Crippen LogP contribution in [0.1, 0.15) is 0 Å². The highest BCUT2D eigenvalue weighted by molar-refractivity contribution is 5.89. The molecule has 0 saturated carbocycles. The molecule has 0 fully saturated rings. The number of hydrogen-bond acceptors (Lipinski definition) is 6. The molecule has 2 amide bonds. The SMILES string of the molecule is COc1ccc(NC(=O)NCC#CCOc2ccc3c(c2)OCO3)cc1OC. The molecule has 146 valence electrons. The largest absolute Gasteiger partial charge is 0.493 e. The van der Waals surface area contributed by atoms with Gasteiger partial charge in [-0.05, 0) is 24.3 Å². The maximum absolute atomic E-state index is 11.9. The van der Waals surface area contributed by atoms with E-state index in [-0.39, 0.29) is 26.0 Å². The normalized spacial score (nSPS) is 11.1. The molecule has 8 nitrogen and oxygen atoms in total. The van der Waals surface area contributed by atoms with Crippen LogP contribution in [0.3, 0.4) is 0 Å². The van der Waals surface area contributed by atoms with Gasteiger partial charge in [0.05, 0.1) is 20.8 Å². The van der Waals surface area contributed by atoms with Gasteiger partial charge in [0.1, 0.15) is 12.4 Å². The number of urea groups is 1.